The van der Waals surface area contributed by atoms with Gasteiger partial charge in [0, 0.05) is 17.2 Å². The number of ether oxygens (including phenoxy) is 1. The van der Waals surface area contributed by atoms with E-state index in [4.69, 9.17) is 4.74 Å². The van der Waals surface area contributed by atoms with Crippen molar-refractivity contribution in [3.05, 3.63) is 45.4 Å². The number of thiazole rings is 1. The van der Waals surface area contributed by atoms with Gasteiger partial charge in [0.05, 0.1) is 10.7 Å². The first kappa shape index (κ1) is 18.8. The van der Waals surface area contributed by atoms with Crippen molar-refractivity contribution >= 4 is 34.7 Å². The Morgan fingerprint density at radius 2 is 1.80 bits per heavy atom. The van der Waals surface area contributed by atoms with Crippen molar-refractivity contribution in [2.24, 2.45) is 5.92 Å². The van der Waals surface area contributed by atoms with Crippen molar-refractivity contribution in [2.45, 2.75) is 27.7 Å². The Kier molecular flexibility index (Phi) is 6.03. The number of anilines is 1. The Balaban J connectivity index is 1.93. The Bertz CT molecular complexity index is 794. The van der Waals surface area contributed by atoms with Crippen LogP contribution >= 0.6 is 11.3 Å². The lowest BCUT2D eigenvalue weighted by Gasteiger charge is -2.08. The number of aryl methyl sites for hydroxylation is 2. The first-order chi connectivity index (χ1) is 11.8. The fourth-order valence-electron chi connectivity index (χ4n) is 2.03. The Hall–Kier alpha value is -2.54. The first-order valence-electron chi connectivity index (χ1n) is 7.83. The Morgan fingerprint density at radius 3 is 2.32 bits per heavy atom. The van der Waals surface area contributed by atoms with Gasteiger partial charge in [-0.2, -0.15) is 0 Å². The molecule has 0 fully saturated rings. The van der Waals surface area contributed by atoms with Crippen molar-refractivity contribution < 1.29 is 19.1 Å². The zero-order chi connectivity index (χ0) is 18.6. The molecule has 1 N–H and O–H groups in total. The number of carbonyl (C=O) groups is 3. The lowest BCUT2D eigenvalue weighted by Crippen LogP contribution is -2.18. The third-order valence-electron chi connectivity index (χ3n) is 3.42. The van der Waals surface area contributed by atoms with E-state index in [1.807, 2.05) is 0 Å². The van der Waals surface area contributed by atoms with E-state index < -0.39 is 5.97 Å². The molecule has 1 aromatic heterocycles. The minimum Gasteiger partial charge on any atom is -0.453 e. The predicted octanol–water partition coefficient (Wildman–Crippen LogP) is 3.39. The lowest BCUT2D eigenvalue weighted by molar-refractivity contribution is -0.118. The van der Waals surface area contributed by atoms with Gasteiger partial charge in [-0.1, -0.05) is 13.8 Å². The second-order valence-corrected chi connectivity index (χ2v) is 7.07. The van der Waals surface area contributed by atoms with E-state index in [0.29, 0.717) is 21.8 Å². The summed E-state index contributed by atoms with van der Waals surface area (Å²) in [5, 5.41) is 3.52. The molecule has 0 bridgehead atoms. The van der Waals surface area contributed by atoms with Gasteiger partial charge in [-0.15, -0.1) is 11.3 Å². The molecule has 6 nitrogen and oxygen atoms in total. The van der Waals surface area contributed by atoms with Gasteiger partial charge in [0.15, 0.2) is 12.4 Å². The number of hydrogen-bond acceptors (Lipinski definition) is 6. The minimum absolute atomic E-state index is 0.0942. The van der Waals surface area contributed by atoms with Crippen LogP contribution in [0.1, 0.15) is 44.6 Å². The number of carbonyl (C=O) groups excluding carboxylic acids is 3. The standard InChI is InChI=1S/C18H20N2O4S/c1-10(2)17(22)20-14-7-5-13(6-8-14)15(21)9-24-18(23)16-11(3)19-12(4)25-16/h5-8,10H,9H2,1-4H3,(H,20,22). The van der Waals surface area contributed by atoms with Gasteiger partial charge in [0.2, 0.25) is 5.91 Å². The molecule has 2 aromatic rings. The third-order valence-corrected chi connectivity index (χ3v) is 4.47. The SMILES string of the molecule is Cc1nc(C)c(C(=O)OCC(=O)c2ccc(NC(=O)C(C)C)cc2)s1. The first-order valence-corrected chi connectivity index (χ1v) is 8.65. The summed E-state index contributed by atoms with van der Waals surface area (Å²) in [7, 11) is 0. The van der Waals surface area contributed by atoms with Crippen LogP contribution < -0.4 is 5.32 Å². The average Bonchev–Trinajstić information content (AvgIpc) is 2.91. The van der Waals surface area contributed by atoms with Gasteiger partial charge in [0.1, 0.15) is 4.88 Å². The smallest absolute Gasteiger partial charge is 0.350 e. The van der Waals surface area contributed by atoms with Gasteiger partial charge in [-0.25, -0.2) is 9.78 Å². The molecular weight excluding hydrogens is 340 g/mol. The topological polar surface area (TPSA) is 85.4 Å². The highest BCUT2D eigenvalue weighted by Gasteiger charge is 2.17. The molecule has 0 unspecified atom stereocenters. The molecule has 1 amide bonds. The molecule has 0 spiro atoms. The second-order valence-electron chi connectivity index (χ2n) is 5.87. The monoisotopic (exact) mass is 360 g/mol. The van der Waals surface area contributed by atoms with Gasteiger partial charge < -0.3 is 10.1 Å². The number of benzene rings is 1. The van der Waals surface area contributed by atoms with Crippen LogP contribution in [0.25, 0.3) is 0 Å². The summed E-state index contributed by atoms with van der Waals surface area (Å²) in [5.41, 5.74) is 1.63. The number of hydrogen-bond donors (Lipinski definition) is 1. The molecule has 0 radical (unpaired) electrons. The molecule has 0 aliphatic carbocycles. The van der Waals surface area contributed by atoms with Crippen LogP contribution in [0.5, 0.6) is 0 Å². The van der Waals surface area contributed by atoms with Crippen LogP contribution in [0, 0.1) is 19.8 Å². The Morgan fingerprint density at radius 1 is 1.16 bits per heavy atom. The zero-order valence-electron chi connectivity index (χ0n) is 14.6. The molecule has 7 heteroatoms. The molecule has 1 aromatic carbocycles. The maximum Gasteiger partial charge on any atom is 0.350 e. The maximum atomic E-state index is 12.1. The fourth-order valence-corrected chi connectivity index (χ4v) is 2.84. The number of nitrogens with one attached hydrogen (secondary N) is 1. The number of ketones is 1. The molecule has 1 heterocycles. The molecule has 0 saturated carbocycles. The molecule has 25 heavy (non-hydrogen) atoms. The highest BCUT2D eigenvalue weighted by Crippen LogP contribution is 2.18. The highest BCUT2D eigenvalue weighted by atomic mass is 32.1. The maximum absolute atomic E-state index is 12.1. The number of aromatic nitrogens is 1. The quantitative estimate of drug-likeness (QED) is 0.630. The number of Topliss-reactive ketones (excluding diaryl/α,β-unsaturated/α-hetero) is 1. The summed E-state index contributed by atoms with van der Waals surface area (Å²) < 4.78 is 5.08. The Labute approximate surface area is 150 Å². The molecule has 132 valence electrons. The summed E-state index contributed by atoms with van der Waals surface area (Å²) >= 11 is 1.24. The van der Waals surface area contributed by atoms with Crippen molar-refractivity contribution in [2.75, 3.05) is 11.9 Å². The second kappa shape index (κ2) is 8.02. The van der Waals surface area contributed by atoms with Crippen molar-refractivity contribution in [1.82, 2.24) is 4.98 Å². The van der Waals surface area contributed by atoms with Crippen LogP contribution in [0.2, 0.25) is 0 Å². The van der Waals surface area contributed by atoms with E-state index in [1.54, 1.807) is 52.0 Å². The number of esters is 1. The molecule has 2 rings (SSSR count). The van der Waals surface area contributed by atoms with E-state index in [2.05, 4.69) is 10.3 Å². The minimum atomic E-state index is -0.544. The van der Waals surface area contributed by atoms with E-state index in [-0.39, 0.29) is 24.2 Å². The fraction of sp³-hybridized carbons (Fsp3) is 0.333. The van der Waals surface area contributed by atoms with E-state index in [9.17, 15) is 14.4 Å². The molecule has 0 aliphatic rings. The summed E-state index contributed by atoms with van der Waals surface area (Å²) in [4.78, 5) is 40.3. The van der Waals surface area contributed by atoms with Crippen molar-refractivity contribution in [1.29, 1.82) is 0 Å². The van der Waals surface area contributed by atoms with Crippen LogP contribution in [0.15, 0.2) is 24.3 Å². The summed E-state index contributed by atoms with van der Waals surface area (Å²) in [6.45, 7) is 6.79. The van der Waals surface area contributed by atoms with E-state index in [0.717, 1.165) is 5.01 Å². The molecule has 0 atom stereocenters. The summed E-state index contributed by atoms with van der Waals surface area (Å²) in [5.74, 6) is -1.07. The zero-order valence-corrected chi connectivity index (χ0v) is 15.4. The molecule has 0 aliphatic heterocycles. The van der Waals surface area contributed by atoms with Gasteiger partial charge in [-0.3, -0.25) is 9.59 Å². The normalized spacial score (nSPS) is 10.6. The van der Waals surface area contributed by atoms with Crippen LogP contribution in [-0.2, 0) is 9.53 Å². The average molecular weight is 360 g/mol. The van der Waals surface area contributed by atoms with Gasteiger partial charge >= 0.3 is 5.97 Å². The van der Waals surface area contributed by atoms with Crippen LogP contribution in [0.4, 0.5) is 5.69 Å². The lowest BCUT2D eigenvalue weighted by atomic mass is 10.1. The highest BCUT2D eigenvalue weighted by molar-refractivity contribution is 7.13. The third kappa shape index (κ3) is 4.96. The largest absolute Gasteiger partial charge is 0.453 e. The van der Waals surface area contributed by atoms with Crippen LogP contribution in [0.3, 0.4) is 0 Å². The van der Waals surface area contributed by atoms with Gasteiger partial charge in [0.25, 0.3) is 0 Å². The number of nitrogens with zero attached hydrogens (tertiary/aromatic N) is 1. The van der Waals surface area contributed by atoms with Crippen LogP contribution in [-0.4, -0.2) is 29.3 Å². The molecular formula is C18H20N2O4S. The van der Waals surface area contributed by atoms with Crippen molar-refractivity contribution in [3.63, 3.8) is 0 Å². The predicted molar refractivity (Wildman–Crippen MR) is 96.1 cm³/mol. The van der Waals surface area contributed by atoms with Crippen molar-refractivity contribution in [3.8, 4) is 0 Å². The van der Waals surface area contributed by atoms with Gasteiger partial charge in [-0.05, 0) is 38.1 Å². The summed E-state index contributed by atoms with van der Waals surface area (Å²) in [6, 6.07) is 6.47. The number of rotatable bonds is 6. The summed E-state index contributed by atoms with van der Waals surface area (Å²) in [6.07, 6.45) is 0. The number of amides is 1. The van der Waals surface area contributed by atoms with E-state index >= 15 is 0 Å². The molecule has 0 saturated heterocycles. The van der Waals surface area contributed by atoms with E-state index in [1.165, 1.54) is 11.3 Å².